The molecule has 0 rings (SSSR count). The van der Waals surface area contributed by atoms with Crippen LogP contribution < -0.4 is 0 Å². The van der Waals surface area contributed by atoms with Gasteiger partial charge in [0.15, 0.2) is 0 Å². The number of hydrogen-bond acceptors (Lipinski definition) is 2. The second kappa shape index (κ2) is 2.86. The molecule has 0 aromatic rings. The van der Waals surface area contributed by atoms with E-state index < -0.39 is 0 Å². The van der Waals surface area contributed by atoms with Crippen molar-refractivity contribution in [2.45, 2.75) is 6.92 Å². The molecule has 0 heterocycles. The van der Waals surface area contributed by atoms with E-state index >= 15 is 0 Å². The van der Waals surface area contributed by atoms with Gasteiger partial charge in [-0.1, -0.05) is 0 Å². The van der Waals surface area contributed by atoms with Crippen LogP contribution in [-0.4, -0.2) is 12.2 Å². The molecule has 0 radical (unpaired) electrons. The number of hydrogen-bond donors (Lipinski definition) is 1. The third-order valence-electron chi connectivity index (χ3n) is 0.531. The first kappa shape index (κ1) is 6.77. The molecule has 1 unspecified atom stereocenters. The molecule has 0 saturated heterocycles. The minimum Gasteiger partial charge on any atom is -0.481 e. The van der Waals surface area contributed by atoms with Gasteiger partial charge in [-0.3, -0.25) is 0 Å². The predicted molar refractivity (Wildman–Crippen MR) is 32.0 cm³/mol. The van der Waals surface area contributed by atoms with Crippen LogP contribution in [0.4, 0.5) is 0 Å². The maximum atomic E-state index is 8.57. The molecule has 42 valence electrons. The predicted octanol–water partition coefficient (Wildman–Crippen LogP) is 1.25. The molecule has 0 aromatic heterocycles. The summed E-state index contributed by atoms with van der Waals surface area (Å²) in [5, 5.41) is 9.28. The molecule has 0 bridgehead atoms. The molecule has 7 heavy (non-hydrogen) atoms. The van der Waals surface area contributed by atoms with Crippen LogP contribution in [0.15, 0.2) is 11.3 Å². The summed E-state index contributed by atoms with van der Waals surface area (Å²) in [6, 6.07) is 0. The van der Waals surface area contributed by atoms with Gasteiger partial charge in [-0.05, 0) is 6.92 Å². The normalized spacial score (nSPS) is 13.0. The fourth-order valence-corrected chi connectivity index (χ4v) is 0.279. The van der Waals surface area contributed by atoms with E-state index in [0.29, 0.717) is 5.31 Å². The highest BCUT2D eigenvalue weighted by Gasteiger charge is 1.88. The summed E-state index contributed by atoms with van der Waals surface area (Å²) in [5.74, 6) is -0.0231. The minimum atomic E-state index is -0.0231. The molecular weight excluding hydrogens is 111 g/mol. The lowest BCUT2D eigenvalue weighted by Gasteiger charge is -1.95. The lowest BCUT2D eigenvalue weighted by Crippen LogP contribution is -1.82. The number of aliphatic hydroxyl groups excluding tert-OH is 1. The van der Waals surface area contributed by atoms with Crippen LogP contribution in [-0.2, 0) is 4.74 Å². The monoisotopic (exact) mass is 120 g/mol. The Labute approximate surface area is 45.4 Å². The Hall–Kier alpha value is -0.230. The Morgan fingerprint density at radius 2 is 2.14 bits per heavy atom. The maximum absolute atomic E-state index is 8.57. The summed E-state index contributed by atoms with van der Waals surface area (Å²) in [5.41, 5.74) is 0. The van der Waals surface area contributed by atoms with Crippen molar-refractivity contribution in [2.75, 3.05) is 7.11 Å². The van der Waals surface area contributed by atoms with E-state index in [1.807, 2.05) is 0 Å². The van der Waals surface area contributed by atoms with Crippen molar-refractivity contribution in [1.29, 1.82) is 0 Å². The smallest absolute Gasteiger partial charge is 0.279 e. The van der Waals surface area contributed by atoms with Gasteiger partial charge in [0.1, 0.15) is 0 Å². The van der Waals surface area contributed by atoms with E-state index in [0.717, 1.165) is 0 Å². The SMILES string of the molecule is CO/C(O)=C(/C)P. The van der Waals surface area contributed by atoms with E-state index in [9.17, 15) is 0 Å². The van der Waals surface area contributed by atoms with E-state index in [2.05, 4.69) is 14.0 Å². The molecule has 1 N–H and O–H groups in total. The summed E-state index contributed by atoms with van der Waals surface area (Å²) in [4.78, 5) is 0. The van der Waals surface area contributed by atoms with Crippen molar-refractivity contribution < 1.29 is 9.84 Å². The van der Waals surface area contributed by atoms with Gasteiger partial charge in [-0.15, -0.1) is 9.24 Å². The first-order chi connectivity index (χ1) is 3.18. The molecule has 0 fully saturated rings. The number of aliphatic hydroxyl groups is 1. The molecule has 0 amide bonds. The number of ether oxygens (including phenoxy) is 1. The van der Waals surface area contributed by atoms with Gasteiger partial charge >= 0.3 is 0 Å². The van der Waals surface area contributed by atoms with Crippen molar-refractivity contribution in [1.82, 2.24) is 0 Å². The van der Waals surface area contributed by atoms with Crippen LogP contribution in [0.5, 0.6) is 0 Å². The van der Waals surface area contributed by atoms with Crippen LogP contribution in [0, 0.1) is 0 Å². The van der Waals surface area contributed by atoms with Crippen molar-refractivity contribution in [3.05, 3.63) is 11.3 Å². The van der Waals surface area contributed by atoms with Gasteiger partial charge in [0.2, 0.25) is 0 Å². The number of methoxy groups -OCH3 is 1. The van der Waals surface area contributed by atoms with Crippen LogP contribution >= 0.6 is 9.24 Å². The minimum absolute atomic E-state index is 0.0231. The Morgan fingerprint density at radius 3 is 2.14 bits per heavy atom. The fourth-order valence-electron chi connectivity index (χ4n) is 0.161. The summed E-state index contributed by atoms with van der Waals surface area (Å²) < 4.78 is 4.43. The molecule has 0 spiro atoms. The van der Waals surface area contributed by atoms with E-state index in [-0.39, 0.29) is 5.95 Å². The molecule has 0 aromatic carbocycles. The van der Waals surface area contributed by atoms with Gasteiger partial charge in [0, 0.05) is 5.31 Å². The van der Waals surface area contributed by atoms with E-state index in [4.69, 9.17) is 5.11 Å². The zero-order chi connectivity index (χ0) is 5.86. The number of allylic oxidation sites excluding steroid dienone is 1. The first-order valence-electron chi connectivity index (χ1n) is 1.87. The van der Waals surface area contributed by atoms with Crippen LogP contribution in [0.3, 0.4) is 0 Å². The van der Waals surface area contributed by atoms with Crippen LogP contribution in [0.1, 0.15) is 6.92 Å². The average molecular weight is 120 g/mol. The first-order valence-corrected chi connectivity index (χ1v) is 2.45. The maximum Gasteiger partial charge on any atom is 0.279 e. The zero-order valence-electron chi connectivity index (χ0n) is 4.43. The summed E-state index contributed by atoms with van der Waals surface area (Å²) in [6.07, 6.45) is 0. The highest BCUT2D eigenvalue weighted by molar-refractivity contribution is 7.22. The molecule has 0 saturated carbocycles. The Kier molecular flexibility index (Phi) is 2.77. The standard InChI is InChI=1S/C4H9O2P/c1-3(7)4(5)6-2/h5H,7H2,1-2H3/b4-3-. The van der Waals surface area contributed by atoms with Crippen molar-refractivity contribution in [3.63, 3.8) is 0 Å². The second-order valence-corrected chi connectivity index (χ2v) is 2.06. The van der Waals surface area contributed by atoms with Crippen molar-refractivity contribution in [3.8, 4) is 0 Å². The third-order valence-corrected chi connectivity index (χ3v) is 0.778. The summed E-state index contributed by atoms with van der Waals surface area (Å²) >= 11 is 0. The molecule has 0 aliphatic carbocycles. The molecule has 3 heteroatoms. The Bertz CT molecular complexity index is 83.7. The second-order valence-electron chi connectivity index (χ2n) is 1.19. The van der Waals surface area contributed by atoms with Crippen molar-refractivity contribution in [2.24, 2.45) is 0 Å². The topological polar surface area (TPSA) is 29.5 Å². The Morgan fingerprint density at radius 1 is 1.71 bits per heavy atom. The van der Waals surface area contributed by atoms with E-state index in [1.54, 1.807) is 6.92 Å². The molecule has 0 aliphatic rings. The van der Waals surface area contributed by atoms with Gasteiger partial charge in [-0.25, -0.2) is 0 Å². The molecule has 1 atom stereocenters. The summed E-state index contributed by atoms with van der Waals surface area (Å²) in [7, 11) is 3.74. The zero-order valence-corrected chi connectivity index (χ0v) is 5.59. The molecule has 0 aliphatic heterocycles. The lowest BCUT2D eigenvalue weighted by atomic mass is 10.7. The number of rotatable bonds is 1. The van der Waals surface area contributed by atoms with Gasteiger partial charge in [0.05, 0.1) is 7.11 Å². The largest absolute Gasteiger partial charge is 0.481 e. The fraction of sp³-hybridized carbons (Fsp3) is 0.500. The van der Waals surface area contributed by atoms with Crippen LogP contribution in [0.25, 0.3) is 0 Å². The van der Waals surface area contributed by atoms with Gasteiger partial charge in [-0.2, -0.15) is 0 Å². The highest BCUT2D eigenvalue weighted by atomic mass is 31.0. The van der Waals surface area contributed by atoms with Gasteiger partial charge in [0.25, 0.3) is 5.95 Å². The van der Waals surface area contributed by atoms with E-state index in [1.165, 1.54) is 7.11 Å². The third kappa shape index (κ3) is 2.46. The quantitative estimate of drug-likeness (QED) is 0.417. The van der Waals surface area contributed by atoms with Gasteiger partial charge < -0.3 is 9.84 Å². The summed E-state index contributed by atoms with van der Waals surface area (Å²) in [6.45, 7) is 1.74. The molecular formula is C4H9O2P. The highest BCUT2D eigenvalue weighted by Crippen LogP contribution is 2.07. The Balaban J connectivity index is 3.72. The lowest BCUT2D eigenvalue weighted by molar-refractivity contribution is 0.134. The molecule has 2 nitrogen and oxygen atoms in total. The van der Waals surface area contributed by atoms with Crippen LogP contribution in [0.2, 0.25) is 0 Å². The van der Waals surface area contributed by atoms with Crippen molar-refractivity contribution >= 4 is 9.24 Å². The average Bonchev–Trinajstić information content (AvgIpc) is 1.65.